The highest BCUT2D eigenvalue weighted by molar-refractivity contribution is 5.16. The summed E-state index contributed by atoms with van der Waals surface area (Å²) < 4.78 is 21.2. The van der Waals surface area contributed by atoms with Crippen LogP contribution in [0, 0.1) is 0 Å². The number of aliphatic hydroxyl groups excluding tert-OH is 1. The van der Waals surface area contributed by atoms with Gasteiger partial charge in [-0.05, 0) is 12.0 Å². The van der Waals surface area contributed by atoms with E-state index in [1.807, 2.05) is 6.08 Å². The summed E-state index contributed by atoms with van der Waals surface area (Å²) in [5, 5.41) is 9.10. The summed E-state index contributed by atoms with van der Waals surface area (Å²) in [7, 11) is 1.58. The predicted octanol–water partition coefficient (Wildman–Crippen LogP) is 0.0394. The first-order valence-corrected chi connectivity index (χ1v) is 4.99. The van der Waals surface area contributed by atoms with E-state index in [1.54, 1.807) is 7.11 Å². The molecule has 15 heavy (non-hydrogen) atoms. The standard InChI is InChI=1S/C10H16O5/c1-12-5-13-8-2-7(4-11)3-9-10(8)15-6-14-9/h3,8-11H,2,4-6H2,1H3/t8-,9-,10+/m1/s1. The number of hydrogen-bond acceptors (Lipinski definition) is 5. The van der Waals surface area contributed by atoms with Crippen molar-refractivity contribution < 1.29 is 24.1 Å². The maximum absolute atomic E-state index is 9.10. The average Bonchev–Trinajstić information content (AvgIpc) is 2.73. The molecule has 0 saturated carbocycles. The van der Waals surface area contributed by atoms with Gasteiger partial charge in [-0.1, -0.05) is 6.08 Å². The molecule has 86 valence electrons. The molecular formula is C10H16O5. The SMILES string of the molecule is COCO[C@@H]1CC(CO)=C[C@H]2OCO[C@H]21. The van der Waals surface area contributed by atoms with Gasteiger partial charge in [-0.3, -0.25) is 0 Å². The molecule has 2 rings (SSSR count). The van der Waals surface area contributed by atoms with Crippen molar-refractivity contribution in [3.8, 4) is 0 Å². The van der Waals surface area contributed by atoms with Gasteiger partial charge in [0.05, 0.1) is 12.7 Å². The molecule has 0 spiro atoms. The average molecular weight is 216 g/mol. The van der Waals surface area contributed by atoms with Crippen molar-refractivity contribution in [2.24, 2.45) is 0 Å². The van der Waals surface area contributed by atoms with Crippen LogP contribution in [-0.4, -0.2) is 50.7 Å². The smallest absolute Gasteiger partial charge is 0.148 e. The number of ether oxygens (including phenoxy) is 4. The van der Waals surface area contributed by atoms with Crippen molar-refractivity contribution in [2.75, 3.05) is 27.3 Å². The summed E-state index contributed by atoms with van der Waals surface area (Å²) in [6.07, 6.45) is 2.33. The molecule has 1 aliphatic heterocycles. The van der Waals surface area contributed by atoms with Crippen molar-refractivity contribution in [1.82, 2.24) is 0 Å². The molecule has 1 aliphatic carbocycles. The van der Waals surface area contributed by atoms with Gasteiger partial charge in [0.1, 0.15) is 25.8 Å². The van der Waals surface area contributed by atoms with Gasteiger partial charge in [-0.15, -0.1) is 0 Å². The van der Waals surface area contributed by atoms with Crippen LogP contribution in [0.1, 0.15) is 6.42 Å². The van der Waals surface area contributed by atoms with Gasteiger partial charge >= 0.3 is 0 Å². The second-order valence-corrected chi connectivity index (χ2v) is 3.68. The van der Waals surface area contributed by atoms with Crippen LogP contribution in [0.15, 0.2) is 11.6 Å². The van der Waals surface area contributed by atoms with Crippen LogP contribution in [0.4, 0.5) is 0 Å². The third kappa shape index (κ3) is 2.38. The normalized spacial score (nSPS) is 35.1. The first-order chi connectivity index (χ1) is 7.35. The van der Waals surface area contributed by atoms with Crippen LogP contribution in [0.2, 0.25) is 0 Å². The molecule has 0 bridgehead atoms. The van der Waals surface area contributed by atoms with Gasteiger partial charge in [-0.25, -0.2) is 0 Å². The zero-order chi connectivity index (χ0) is 10.7. The molecule has 1 N–H and O–H groups in total. The summed E-state index contributed by atoms with van der Waals surface area (Å²) in [4.78, 5) is 0. The molecule has 0 aromatic heterocycles. The van der Waals surface area contributed by atoms with Gasteiger partial charge in [0, 0.05) is 7.11 Å². The molecule has 0 aromatic rings. The highest BCUT2D eigenvalue weighted by Gasteiger charge is 2.39. The molecule has 0 amide bonds. The molecule has 1 heterocycles. The topological polar surface area (TPSA) is 57.2 Å². The fourth-order valence-electron chi connectivity index (χ4n) is 1.95. The fourth-order valence-corrected chi connectivity index (χ4v) is 1.95. The van der Waals surface area contributed by atoms with Crippen LogP contribution >= 0.6 is 0 Å². The number of hydrogen-bond donors (Lipinski definition) is 1. The molecular weight excluding hydrogens is 200 g/mol. The van der Waals surface area contributed by atoms with Gasteiger partial charge < -0.3 is 24.1 Å². The van der Waals surface area contributed by atoms with E-state index < -0.39 is 0 Å². The second-order valence-electron chi connectivity index (χ2n) is 3.68. The van der Waals surface area contributed by atoms with Gasteiger partial charge in [0.15, 0.2) is 0 Å². The van der Waals surface area contributed by atoms with Crippen molar-refractivity contribution in [3.05, 3.63) is 11.6 Å². The molecule has 5 nitrogen and oxygen atoms in total. The van der Waals surface area contributed by atoms with E-state index in [4.69, 9.17) is 24.1 Å². The monoisotopic (exact) mass is 216 g/mol. The molecule has 0 radical (unpaired) electrons. The summed E-state index contributed by atoms with van der Waals surface area (Å²) in [5.74, 6) is 0. The van der Waals surface area contributed by atoms with E-state index in [9.17, 15) is 0 Å². The van der Waals surface area contributed by atoms with E-state index in [-0.39, 0.29) is 38.5 Å². The summed E-state index contributed by atoms with van der Waals surface area (Å²) >= 11 is 0. The third-order valence-electron chi connectivity index (χ3n) is 2.68. The molecule has 0 aromatic carbocycles. The largest absolute Gasteiger partial charge is 0.392 e. The van der Waals surface area contributed by atoms with Crippen LogP contribution in [0.5, 0.6) is 0 Å². The van der Waals surface area contributed by atoms with Crippen LogP contribution in [0.25, 0.3) is 0 Å². The van der Waals surface area contributed by atoms with Crippen molar-refractivity contribution >= 4 is 0 Å². The Hall–Kier alpha value is -0.460. The Bertz CT molecular complexity index is 240. The zero-order valence-electron chi connectivity index (χ0n) is 8.72. The second kappa shape index (κ2) is 5.05. The minimum Gasteiger partial charge on any atom is -0.392 e. The Kier molecular flexibility index (Phi) is 3.71. The first-order valence-electron chi connectivity index (χ1n) is 4.99. The third-order valence-corrected chi connectivity index (χ3v) is 2.68. The van der Waals surface area contributed by atoms with Gasteiger partial charge in [-0.2, -0.15) is 0 Å². The Morgan fingerprint density at radius 1 is 1.53 bits per heavy atom. The van der Waals surface area contributed by atoms with Crippen molar-refractivity contribution in [1.29, 1.82) is 0 Å². The molecule has 0 unspecified atom stereocenters. The summed E-state index contributed by atoms with van der Waals surface area (Å²) in [6.45, 7) is 0.562. The molecule has 2 aliphatic rings. The maximum atomic E-state index is 9.10. The van der Waals surface area contributed by atoms with Crippen molar-refractivity contribution in [2.45, 2.75) is 24.7 Å². The Morgan fingerprint density at radius 3 is 3.13 bits per heavy atom. The zero-order valence-corrected chi connectivity index (χ0v) is 8.72. The Labute approximate surface area is 88.6 Å². The lowest BCUT2D eigenvalue weighted by Gasteiger charge is -2.30. The van der Waals surface area contributed by atoms with Gasteiger partial charge in [0.2, 0.25) is 0 Å². The van der Waals surface area contributed by atoms with Gasteiger partial charge in [0.25, 0.3) is 0 Å². The summed E-state index contributed by atoms with van der Waals surface area (Å²) in [5.41, 5.74) is 0.933. The lowest BCUT2D eigenvalue weighted by atomic mass is 9.92. The van der Waals surface area contributed by atoms with E-state index in [2.05, 4.69) is 0 Å². The molecule has 1 fully saturated rings. The van der Waals surface area contributed by atoms with E-state index in [0.29, 0.717) is 6.42 Å². The van der Waals surface area contributed by atoms with E-state index in [0.717, 1.165) is 5.57 Å². The van der Waals surface area contributed by atoms with Crippen LogP contribution in [-0.2, 0) is 18.9 Å². The number of fused-ring (bicyclic) bond motifs is 1. The molecule has 1 saturated heterocycles. The Balaban J connectivity index is 2.01. The van der Waals surface area contributed by atoms with Crippen LogP contribution in [0.3, 0.4) is 0 Å². The highest BCUT2D eigenvalue weighted by atomic mass is 16.7. The molecule has 5 heteroatoms. The number of rotatable bonds is 4. The van der Waals surface area contributed by atoms with Crippen molar-refractivity contribution in [3.63, 3.8) is 0 Å². The minimum atomic E-state index is -0.0947. The molecule has 3 atom stereocenters. The lowest BCUT2D eigenvalue weighted by Crippen LogP contribution is -2.40. The minimum absolute atomic E-state index is 0.0411. The first kappa shape index (κ1) is 11.0. The quantitative estimate of drug-likeness (QED) is 0.531. The lowest BCUT2D eigenvalue weighted by molar-refractivity contribution is -0.118. The number of methoxy groups -OCH3 is 1. The van der Waals surface area contributed by atoms with E-state index >= 15 is 0 Å². The van der Waals surface area contributed by atoms with Crippen LogP contribution < -0.4 is 0 Å². The Morgan fingerprint density at radius 2 is 2.40 bits per heavy atom. The fraction of sp³-hybridized carbons (Fsp3) is 0.800. The maximum Gasteiger partial charge on any atom is 0.148 e. The highest BCUT2D eigenvalue weighted by Crippen LogP contribution is 2.29. The number of aliphatic hydroxyl groups is 1. The van der Waals surface area contributed by atoms with E-state index in [1.165, 1.54) is 0 Å². The summed E-state index contributed by atoms with van der Waals surface area (Å²) in [6, 6.07) is 0. The predicted molar refractivity (Wildman–Crippen MR) is 51.1 cm³/mol.